The molecule has 0 amide bonds. The number of rotatable bonds is 0. The van der Waals surface area contributed by atoms with Gasteiger partial charge in [0.15, 0.2) is 0 Å². The first kappa shape index (κ1) is 9.85. The van der Waals surface area contributed by atoms with Crippen molar-refractivity contribution in [3.05, 3.63) is 35.9 Å². The Balaban J connectivity index is 0.000000371. The van der Waals surface area contributed by atoms with E-state index >= 15 is 0 Å². The van der Waals surface area contributed by atoms with Crippen molar-refractivity contribution in [2.45, 2.75) is 0 Å². The zero-order chi connectivity index (χ0) is 7.82. The Labute approximate surface area is 77.7 Å². The number of nitrogens with zero attached hydrogens (tertiary/aromatic N) is 1. The van der Waals surface area contributed by atoms with Gasteiger partial charge in [-0.1, -0.05) is 18.2 Å². The van der Waals surface area contributed by atoms with E-state index in [0.29, 0.717) is 5.56 Å². The van der Waals surface area contributed by atoms with Gasteiger partial charge in [-0.2, -0.15) is 5.26 Å². The van der Waals surface area contributed by atoms with Gasteiger partial charge in [0.25, 0.3) is 0 Å². The SMILES string of the molecule is N#Cc1ccccc1.[Br][Pd]. The quantitative estimate of drug-likeness (QED) is 0.673. The molecule has 55 valence electrons. The third-order valence-electron chi connectivity index (χ3n) is 0.903. The third-order valence-corrected chi connectivity index (χ3v) is 0.903. The van der Waals surface area contributed by atoms with Gasteiger partial charge in [0, 0.05) is 0 Å². The topological polar surface area (TPSA) is 23.8 Å². The van der Waals surface area contributed by atoms with Gasteiger partial charge in [0.2, 0.25) is 0 Å². The molecule has 0 saturated heterocycles. The molecular formula is C7H5BrNPd. The molecule has 10 heavy (non-hydrogen) atoms. The molecule has 0 radical (unpaired) electrons. The number of nitriles is 1. The molecule has 1 aromatic rings. The van der Waals surface area contributed by atoms with Crippen LogP contribution in [-0.2, 0) is 17.2 Å². The van der Waals surface area contributed by atoms with E-state index in [1.54, 1.807) is 12.1 Å². The first-order valence-electron chi connectivity index (χ1n) is 2.50. The summed E-state index contributed by atoms with van der Waals surface area (Å²) in [6, 6.07) is 11.2. The molecule has 0 aliphatic rings. The molecule has 0 aliphatic carbocycles. The Morgan fingerprint density at radius 2 is 1.70 bits per heavy atom. The Hall–Kier alpha value is -0.148. The summed E-state index contributed by atoms with van der Waals surface area (Å²) < 4.78 is 0. The monoisotopic (exact) mass is 288 g/mol. The summed E-state index contributed by atoms with van der Waals surface area (Å²) in [6.45, 7) is 0. The van der Waals surface area contributed by atoms with Crippen LogP contribution in [0.5, 0.6) is 0 Å². The van der Waals surface area contributed by atoms with E-state index in [9.17, 15) is 0 Å². The van der Waals surface area contributed by atoms with Gasteiger partial charge >= 0.3 is 30.6 Å². The van der Waals surface area contributed by atoms with Crippen LogP contribution in [0, 0.1) is 11.3 Å². The van der Waals surface area contributed by atoms with E-state index in [1.165, 1.54) is 0 Å². The fourth-order valence-corrected chi connectivity index (χ4v) is 0.513. The molecule has 0 aliphatic heterocycles. The first-order chi connectivity index (χ1) is 4.93. The maximum absolute atomic E-state index is 8.29. The summed E-state index contributed by atoms with van der Waals surface area (Å²) in [5, 5.41) is 8.29. The molecular weight excluding hydrogens is 284 g/mol. The van der Waals surface area contributed by atoms with Gasteiger partial charge in [0.1, 0.15) is 0 Å². The van der Waals surface area contributed by atoms with Gasteiger partial charge in [-0.3, -0.25) is 0 Å². The third kappa shape index (κ3) is 3.80. The minimum atomic E-state index is 0.715. The Morgan fingerprint density at radius 1 is 1.20 bits per heavy atom. The molecule has 0 spiro atoms. The number of hydrogen-bond acceptors (Lipinski definition) is 1. The summed E-state index contributed by atoms with van der Waals surface area (Å²) in [5.74, 6) is 0. The van der Waals surface area contributed by atoms with Crippen molar-refractivity contribution in [3.8, 4) is 6.07 Å². The molecule has 0 heterocycles. The molecule has 0 N–H and O–H groups in total. The van der Waals surface area contributed by atoms with Crippen LogP contribution in [0.3, 0.4) is 0 Å². The predicted octanol–water partition coefficient (Wildman–Crippen LogP) is 2.40. The molecule has 0 saturated carbocycles. The van der Waals surface area contributed by atoms with Crippen molar-refractivity contribution in [2.75, 3.05) is 0 Å². The molecule has 1 aromatic carbocycles. The maximum atomic E-state index is 8.29. The van der Waals surface area contributed by atoms with E-state index in [4.69, 9.17) is 5.26 Å². The van der Waals surface area contributed by atoms with Crippen LogP contribution in [0.25, 0.3) is 0 Å². The second-order valence-electron chi connectivity index (χ2n) is 1.48. The van der Waals surface area contributed by atoms with Crippen LogP contribution in [0.15, 0.2) is 30.3 Å². The van der Waals surface area contributed by atoms with Crippen LogP contribution < -0.4 is 0 Å². The summed E-state index contributed by atoms with van der Waals surface area (Å²) in [6.07, 6.45) is 0. The second kappa shape index (κ2) is 6.97. The summed E-state index contributed by atoms with van der Waals surface area (Å²) in [7, 11) is 0. The second-order valence-corrected chi connectivity index (χ2v) is 1.48. The zero-order valence-electron chi connectivity index (χ0n) is 5.03. The standard InChI is InChI=1S/C7H5N.BrH.Pd/c8-6-7-4-2-1-3-5-7;;/h1-5H;1H;/q;;+1/p-1. The molecule has 3 heteroatoms. The van der Waals surface area contributed by atoms with Crippen molar-refractivity contribution in [3.63, 3.8) is 0 Å². The fraction of sp³-hybridized carbons (Fsp3) is 0. The van der Waals surface area contributed by atoms with E-state index in [-0.39, 0.29) is 0 Å². The Morgan fingerprint density at radius 3 is 2.00 bits per heavy atom. The molecule has 0 fully saturated rings. The van der Waals surface area contributed by atoms with Gasteiger partial charge in [0.05, 0.1) is 11.6 Å². The predicted molar refractivity (Wildman–Crippen MR) is 40.1 cm³/mol. The van der Waals surface area contributed by atoms with Gasteiger partial charge < -0.3 is 0 Å². The molecule has 0 atom stereocenters. The fourth-order valence-electron chi connectivity index (χ4n) is 0.513. The van der Waals surface area contributed by atoms with Gasteiger partial charge in [-0.05, 0) is 12.1 Å². The molecule has 1 rings (SSSR count). The summed E-state index contributed by atoms with van der Waals surface area (Å²) >= 11 is 5.35. The molecule has 0 aromatic heterocycles. The number of halogens is 1. The summed E-state index contributed by atoms with van der Waals surface area (Å²) in [4.78, 5) is 0. The first-order valence-corrected chi connectivity index (χ1v) is 6.06. The Bertz CT molecular complexity index is 205. The number of hydrogen-bond donors (Lipinski definition) is 0. The van der Waals surface area contributed by atoms with E-state index in [1.807, 2.05) is 24.3 Å². The molecule has 1 nitrogen and oxygen atoms in total. The molecule has 0 unspecified atom stereocenters. The van der Waals surface area contributed by atoms with E-state index in [0.717, 1.165) is 0 Å². The van der Waals surface area contributed by atoms with Crippen LogP contribution in [0.4, 0.5) is 0 Å². The number of benzene rings is 1. The van der Waals surface area contributed by atoms with E-state index in [2.05, 4.69) is 30.6 Å². The van der Waals surface area contributed by atoms with Crippen LogP contribution in [0.2, 0.25) is 0 Å². The van der Waals surface area contributed by atoms with Gasteiger partial charge in [-0.25, -0.2) is 0 Å². The Kier molecular flexibility index (Phi) is 6.86. The average molecular weight is 289 g/mol. The van der Waals surface area contributed by atoms with Crippen molar-refractivity contribution < 1.29 is 17.2 Å². The van der Waals surface area contributed by atoms with Crippen molar-refractivity contribution in [1.82, 2.24) is 0 Å². The van der Waals surface area contributed by atoms with E-state index < -0.39 is 0 Å². The molecule has 0 bridgehead atoms. The van der Waals surface area contributed by atoms with Gasteiger partial charge in [-0.15, -0.1) is 0 Å². The minimum absolute atomic E-state index is 0.715. The average Bonchev–Trinajstić information content (AvgIpc) is 2.10. The van der Waals surface area contributed by atoms with Crippen LogP contribution in [0.1, 0.15) is 5.56 Å². The van der Waals surface area contributed by atoms with Crippen molar-refractivity contribution in [2.24, 2.45) is 0 Å². The van der Waals surface area contributed by atoms with Crippen LogP contribution in [-0.4, -0.2) is 0 Å². The zero-order valence-corrected chi connectivity index (χ0v) is 8.17. The van der Waals surface area contributed by atoms with Crippen LogP contribution >= 0.6 is 13.4 Å². The normalized spacial score (nSPS) is 7.00. The van der Waals surface area contributed by atoms with Crippen molar-refractivity contribution in [1.29, 1.82) is 5.26 Å². The van der Waals surface area contributed by atoms with Crippen molar-refractivity contribution >= 4 is 13.4 Å². The summed E-state index contributed by atoms with van der Waals surface area (Å²) in [5.41, 5.74) is 0.715.